The first-order valence-corrected chi connectivity index (χ1v) is 6.87. The standard InChI is InChI=1S/C13H24N4O2/c1-4-6-7-8-15-10-11(14)17(9-5-2)13(19)16(3)12(10)18/h15H,4-9,14H2,1-3H3. The predicted octanol–water partition coefficient (Wildman–Crippen LogP) is 1.14. The molecule has 0 radical (unpaired) electrons. The molecule has 0 atom stereocenters. The van der Waals surface area contributed by atoms with Gasteiger partial charge in [0.15, 0.2) is 0 Å². The highest BCUT2D eigenvalue weighted by Crippen LogP contribution is 2.11. The van der Waals surface area contributed by atoms with Crippen molar-refractivity contribution in [3.05, 3.63) is 20.8 Å². The van der Waals surface area contributed by atoms with Crippen molar-refractivity contribution in [3.63, 3.8) is 0 Å². The van der Waals surface area contributed by atoms with Crippen molar-refractivity contribution < 1.29 is 0 Å². The second kappa shape index (κ2) is 7.01. The van der Waals surface area contributed by atoms with Crippen molar-refractivity contribution in [2.24, 2.45) is 7.05 Å². The van der Waals surface area contributed by atoms with Crippen LogP contribution in [0.4, 0.5) is 11.5 Å². The Hall–Kier alpha value is -1.72. The lowest BCUT2D eigenvalue weighted by molar-refractivity contribution is 0.600. The lowest BCUT2D eigenvalue weighted by Crippen LogP contribution is -2.40. The first-order valence-electron chi connectivity index (χ1n) is 6.87. The van der Waals surface area contributed by atoms with Gasteiger partial charge in [0.2, 0.25) is 0 Å². The molecule has 3 N–H and O–H groups in total. The van der Waals surface area contributed by atoms with Crippen molar-refractivity contribution in [1.29, 1.82) is 0 Å². The topological polar surface area (TPSA) is 82.0 Å². The minimum atomic E-state index is -0.358. The van der Waals surface area contributed by atoms with Crippen molar-refractivity contribution in [2.75, 3.05) is 17.6 Å². The first-order chi connectivity index (χ1) is 9.04. The maximum absolute atomic E-state index is 12.0. The highest BCUT2D eigenvalue weighted by molar-refractivity contribution is 5.60. The van der Waals surface area contributed by atoms with Crippen LogP contribution in [0.2, 0.25) is 0 Å². The van der Waals surface area contributed by atoms with Gasteiger partial charge in [0.05, 0.1) is 0 Å². The van der Waals surface area contributed by atoms with E-state index in [0.717, 1.165) is 30.3 Å². The number of hydrogen-bond donors (Lipinski definition) is 2. The van der Waals surface area contributed by atoms with Gasteiger partial charge in [-0.15, -0.1) is 0 Å². The van der Waals surface area contributed by atoms with Crippen LogP contribution in [0.15, 0.2) is 9.59 Å². The molecule has 0 spiro atoms. The maximum Gasteiger partial charge on any atom is 0.332 e. The summed E-state index contributed by atoms with van der Waals surface area (Å²) in [5, 5.41) is 3.06. The average Bonchev–Trinajstić information content (AvgIpc) is 2.40. The summed E-state index contributed by atoms with van der Waals surface area (Å²) in [5.74, 6) is 0.242. The number of nitrogens with zero attached hydrogens (tertiary/aromatic N) is 2. The van der Waals surface area contributed by atoms with Crippen molar-refractivity contribution >= 4 is 11.5 Å². The smallest absolute Gasteiger partial charge is 0.332 e. The Morgan fingerprint density at radius 2 is 1.84 bits per heavy atom. The summed E-state index contributed by atoms with van der Waals surface area (Å²) in [4.78, 5) is 24.0. The van der Waals surface area contributed by atoms with Gasteiger partial charge in [0.25, 0.3) is 5.56 Å². The third kappa shape index (κ3) is 3.39. The minimum Gasteiger partial charge on any atom is -0.383 e. The molecule has 108 valence electrons. The number of unbranched alkanes of at least 4 members (excludes halogenated alkanes) is 2. The molecule has 1 aromatic heterocycles. The second-order valence-corrected chi connectivity index (χ2v) is 4.69. The number of hydrogen-bond acceptors (Lipinski definition) is 4. The maximum atomic E-state index is 12.0. The second-order valence-electron chi connectivity index (χ2n) is 4.69. The third-order valence-corrected chi connectivity index (χ3v) is 3.11. The Bertz CT molecular complexity index is 531. The molecule has 19 heavy (non-hydrogen) atoms. The van der Waals surface area contributed by atoms with E-state index in [1.165, 1.54) is 11.6 Å². The zero-order chi connectivity index (χ0) is 14.4. The summed E-state index contributed by atoms with van der Waals surface area (Å²) < 4.78 is 2.55. The zero-order valence-electron chi connectivity index (χ0n) is 12.0. The molecule has 0 unspecified atom stereocenters. The first kappa shape index (κ1) is 15.3. The van der Waals surface area contributed by atoms with Crippen LogP contribution in [0.5, 0.6) is 0 Å². The summed E-state index contributed by atoms with van der Waals surface area (Å²) in [6.45, 7) is 5.29. The van der Waals surface area contributed by atoms with Gasteiger partial charge in [-0.1, -0.05) is 26.7 Å². The molecular weight excluding hydrogens is 244 g/mol. The summed E-state index contributed by atoms with van der Waals surface area (Å²) in [6, 6.07) is 0. The molecule has 0 aliphatic carbocycles. The van der Waals surface area contributed by atoms with Crippen LogP contribution >= 0.6 is 0 Å². The van der Waals surface area contributed by atoms with Crippen LogP contribution in [0.25, 0.3) is 0 Å². The summed E-state index contributed by atoms with van der Waals surface area (Å²) >= 11 is 0. The van der Waals surface area contributed by atoms with E-state index in [0.29, 0.717) is 18.8 Å². The number of nitrogens with two attached hydrogens (primary N) is 1. The van der Waals surface area contributed by atoms with E-state index in [2.05, 4.69) is 12.2 Å². The lowest BCUT2D eigenvalue weighted by Gasteiger charge is -2.15. The molecule has 0 amide bonds. The van der Waals surface area contributed by atoms with E-state index in [1.807, 2.05) is 6.92 Å². The van der Waals surface area contributed by atoms with E-state index in [-0.39, 0.29) is 17.1 Å². The molecule has 0 saturated heterocycles. The molecule has 0 bridgehead atoms. The predicted molar refractivity (Wildman–Crippen MR) is 78.7 cm³/mol. The monoisotopic (exact) mass is 268 g/mol. The number of anilines is 2. The highest BCUT2D eigenvalue weighted by atomic mass is 16.2. The van der Waals surface area contributed by atoms with Gasteiger partial charge >= 0.3 is 5.69 Å². The largest absolute Gasteiger partial charge is 0.383 e. The fourth-order valence-corrected chi connectivity index (χ4v) is 1.98. The molecule has 1 rings (SSSR count). The minimum absolute atomic E-state index is 0.242. The van der Waals surface area contributed by atoms with Crippen LogP contribution in [-0.2, 0) is 13.6 Å². The molecule has 0 fully saturated rings. The third-order valence-electron chi connectivity index (χ3n) is 3.11. The number of aromatic nitrogens is 2. The van der Waals surface area contributed by atoms with Gasteiger partial charge in [-0.2, -0.15) is 0 Å². The van der Waals surface area contributed by atoms with Crippen LogP contribution in [0.3, 0.4) is 0 Å². The molecule has 0 aromatic carbocycles. The SMILES string of the molecule is CCCCCNc1c(N)n(CCC)c(=O)n(C)c1=O. The van der Waals surface area contributed by atoms with Crippen LogP contribution in [-0.4, -0.2) is 15.7 Å². The van der Waals surface area contributed by atoms with Crippen molar-refractivity contribution in [3.8, 4) is 0 Å². The molecule has 6 heteroatoms. The fourth-order valence-electron chi connectivity index (χ4n) is 1.98. The van der Waals surface area contributed by atoms with E-state index < -0.39 is 0 Å². The van der Waals surface area contributed by atoms with Gasteiger partial charge in [0, 0.05) is 20.1 Å². The van der Waals surface area contributed by atoms with Gasteiger partial charge in [-0.25, -0.2) is 4.79 Å². The molecule has 1 heterocycles. The Morgan fingerprint density at radius 1 is 1.16 bits per heavy atom. The van der Waals surface area contributed by atoms with Gasteiger partial charge in [-0.3, -0.25) is 13.9 Å². The summed E-state index contributed by atoms with van der Waals surface area (Å²) in [6.07, 6.45) is 3.98. The molecule has 0 aliphatic rings. The summed E-state index contributed by atoms with van der Waals surface area (Å²) in [5.41, 5.74) is 5.57. The molecule has 1 aromatic rings. The summed E-state index contributed by atoms with van der Waals surface area (Å²) in [7, 11) is 1.48. The molecular formula is C13H24N4O2. The Morgan fingerprint density at radius 3 is 2.42 bits per heavy atom. The van der Waals surface area contributed by atoms with Crippen LogP contribution in [0, 0.1) is 0 Å². The number of nitrogens with one attached hydrogen (secondary N) is 1. The average molecular weight is 268 g/mol. The van der Waals surface area contributed by atoms with E-state index >= 15 is 0 Å². The zero-order valence-corrected chi connectivity index (χ0v) is 12.0. The van der Waals surface area contributed by atoms with E-state index in [4.69, 9.17) is 5.73 Å². The van der Waals surface area contributed by atoms with Crippen LogP contribution < -0.4 is 22.3 Å². The quantitative estimate of drug-likeness (QED) is 0.727. The Kier molecular flexibility index (Phi) is 5.66. The lowest BCUT2D eigenvalue weighted by atomic mass is 10.2. The molecule has 0 aliphatic heterocycles. The Balaban J connectivity index is 3.09. The van der Waals surface area contributed by atoms with E-state index in [9.17, 15) is 9.59 Å². The van der Waals surface area contributed by atoms with Crippen molar-refractivity contribution in [1.82, 2.24) is 9.13 Å². The van der Waals surface area contributed by atoms with Gasteiger partial charge < -0.3 is 11.1 Å². The number of rotatable bonds is 7. The highest BCUT2D eigenvalue weighted by Gasteiger charge is 2.14. The van der Waals surface area contributed by atoms with Gasteiger partial charge in [-0.05, 0) is 12.8 Å². The fraction of sp³-hybridized carbons (Fsp3) is 0.692. The molecule has 6 nitrogen and oxygen atoms in total. The Labute approximate surface area is 113 Å². The normalized spacial score (nSPS) is 10.7. The van der Waals surface area contributed by atoms with Gasteiger partial charge in [0.1, 0.15) is 11.5 Å². The molecule has 0 saturated carbocycles. The van der Waals surface area contributed by atoms with Crippen molar-refractivity contribution in [2.45, 2.75) is 46.1 Å². The van der Waals surface area contributed by atoms with Crippen LogP contribution in [0.1, 0.15) is 39.5 Å². The number of nitrogen functional groups attached to an aromatic ring is 1. The van der Waals surface area contributed by atoms with E-state index in [1.54, 1.807) is 0 Å².